The molecular formula is C32H35ClF2N4O5. The van der Waals surface area contributed by atoms with Crippen molar-refractivity contribution in [1.82, 2.24) is 9.88 Å². The molecule has 1 amide bonds. The number of likely N-dealkylation sites (N-methyl/N-ethyl adjacent to an activating group) is 1. The summed E-state index contributed by atoms with van der Waals surface area (Å²) in [6, 6.07) is 9.67. The highest BCUT2D eigenvalue weighted by molar-refractivity contribution is 6.30. The first-order valence-corrected chi connectivity index (χ1v) is 14.8. The van der Waals surface area contributed by atoms with Crippen LogP contribution < -0.4 is 10.6 Å². The summed E-state index contributed by atoms with van der Waals surface area (Å²) in [5.74, 6) is -3.01. The van der Waals surface area contributed by atoms with Crippen molar-refractivity contribution in [2.45, 2.75) is 56.6 Å². The highest BCUT2D eigenvalue weighted by Crippen LogP contribution is 2.36. The second kappa shape index (κ2) is 15.0. The summed E-state index contributed by atoms with van der Waals surface area (Å²) in [6.45, 7) is 0.543. The second-order valence-corrected chi connectivity index (χ2v) is 11.1. The Bertz CT molecular complexity index is 1510. The Balaban J connectivity index is 1.55. The Labute approximate surface area is 259 Å². The molecule has 0 saturated carbocycles. The molecule has 1 aliphatic rings. The zero-order valence-corrected chi connectivity index (χ0v) is 25.2. The van der Waals surface area contributed by atoms with E-state index in [1.165, 1.54) is 24.3 Å². The molecule has 12 heteroatoms. The van der Waals surface area contributed by atoms with Crippen molar-refractivity contribution >= 4 is 41.3 Å². The van der Waals surface area contributed by atoms with E-state index in [0.29, 0.717) is 60.3 Å². The number of carboxylic acid groups (broad SMARTS) is 1. The number of rotatable bonds is 10. The monoisotopic (exact) mass is 628 g/mol. The van der Waals surface area contributed by atoms with Gasteiger partial charge in [0.1, 0.15) is 18.0 Å². The summed E-state index contributed by atoms with van der Waals surface area (Å²) in [6.07, 6.45) is 3.11. The van der Waals surface area contributed by atoms with Gasteiger partial charge in [0, 0.05) is 43.8 Å². The summed E-state index contributed by atoms with van der Waals surface area (Å²) < 4.78 is 34.5. The third-order valence-electron chi connectivity index (χ3n) is 7.87. The topological polar surface area (TPSA) is 121 Å². The van der Waals surface area contributed by atoms with Crippen molar-refractivity contribution in [1.29, 1.82) is 0 Å². The summed E-state index contributed by atoms with van der Waals surface area (Å²) in [5.41, 5.74) is 2.62. The number of amides is 1. The number of anilines is 2. The molecule has 4 rings (SSSR count). The second-order valence-electron chi connectivity index (χ2n) is 10.7. The smallest absolute Gasteiger partial charge is 0.326 e. The first-order valence-electron chi connectivity index (χ1n) is 14.4. The number of carboxylic acids is 1. The van der Waals surface area contributed by atoms with Gasteiger partial charge in [-0.15, -0.1) is 0 Å². The fourth-order valence-corrected chi connectivity index (χ4v) is 5.73. The summed E-state index contributed by atoms with van der Waals surface area (Å²) >= 11 is 6.00. The van der Waals surface area contributed by atoms with E-state index in [-0.39, 0.29) is 35.9 Å². The van der Waals surface area contributed by atoms with Gasteiger partial charge in [0.15, 0.2) is 5.82 Å². The number of benzene rings is 2. The Morgan fingerprint density at radius 3 is 2.70 bits per heavy atom. The van der Waals surface area contributed by atoms with E-state index in [2.05, 4.69) is 15.6 Å². The normalized spacial score (nSPS) is 17.1. The summed E-state index contributed by atoms with van der Waals surface area (Å²) in [4.78, 5) is 43.1. The average Bonchev–Trinajstić information content (AvgIpc) is 3.01. The molecule has 2 heterocycles. The van der Waals surface area contributed by atoms with Gasteiger partial charge in [-0.2, -0.15) is 0 Å². The number of nitrogens with one attached hydrogen (secondary N) is 2. The lowest BCUT2D eigenvalue weighted by Crippen LogP contribution is -2.33. The van der Waals surface area contributed by atoms with E-state index in [9.17, 15) is 28.3 Å². The van der Waals surface area contributed by atoms with Crippen molar-refractivity contribution in [3.63, 3.8) is 0 Å². The number of fused-ring (bicyclic) bond motifs is 4. The SMILES string of the molecule is CNc1ccc(Cl)c(F)c1C(CCCN(C)C(=O)C1CCCCC(C(=O)O)Nc2ccc(F)cc2-c2ccnc1c2)OC=O. The molecule has 44 heavy (non-hydrogen) atoms. The number of nitrogens with zero attached hydrogens (tertiary/aromatic N) is 2. The molecule has 0 radical (unpaired) electrons. The van der Waals surface area contributed by atoms with E-state index in [1.54, 1.807) is 43.4 Å². The molecule has 2 aromatic carbocycles. The minimum absolute atomic E-state index is 0.0983. The lowest BCUT2D eigenvalue weighted by Gasteiger charge is -2.26. The first kappa shape index (κ1) is 32.7. The lowest BCUT2D eigenvalue weighted by molar-refractivity contribution is -0.138. The molecule has 234 valence electrons. The van der Waals surface area contributed by atoms with Crippen molar-refractivity contribution in [2.75, 3.05) is 31.3 Å². The molecule has 3 unspecified atom stereocenters. The molecule has 0 aliphatic carbocycles. The van der Waals surface area contributed by atoms with Gasteiger partial charge < -0.3 is 25.4 Å². The van der Waals surface area contributed by atoms with Gasteiger partial charge in [-0.25, -0.2) is 13.6 Å². The molecule has 9 nitrogen and oxygen atoms in total. The zero-order chi connectivity index (χ0) is 31.8. The summed E-state index contributed by atoms with van der Waals surface area (Å²) in [7, 11) is 3.28. The van der Waals surface area contributed by atoms with E-state index in [0.717, 1.165) is 0 Å². The fraction of sp³-hybridized carbons (Fsp3) is 0.375. The quantitative estimate of drug-likeness (QED) is 0.221. The van der Waals surface area contributed by atoms with Crippen LogP contribution in [0, 0.1) is 11.6 Å². The third-order valence-corrected chi connectivity index (χ3v) is 8.16. The molecule has 3 N–H and O–H groups in total. The first-order chi connectivity index (χ1) is 21.1. The van der Waals surface area contributed by atoms with Crippen LogP contribution in [0.25, 0.3) is 11.1 Å². The zero-order valence-electron chi connectivity index (χ0n) is 24.5. The Kier molecular flexibility index (Phi) is 11.1. The molecule has 2 bridgehead atoms. The predicted octanol–water partition coefficient (Wildman–Crippen LogP) is 6.40. The number of hydrogen-bond acceptors (Lipinski definition) is 7. The van der Waals surface area contributed by atoms with Crippen LogP contribution in [0.2, 0.25) is 5.02 Å². The maximum absolute atomic E-state index is 15.0. The Morgan fingerprint density at radius 1 is 1.20 bits per heavy atom. The molecule has 3 atom stereocenters. The van der Waals surface area contributed by atoms with Crippen LogP contribution >= 0.6 is 11.6 Å². The van der Waals surface area contributed by atoms with Gasteiger partial charge in [-0.3, -0.25) is 14.6 Å². The van der Waals surface area contributed by atoms with Gasteiger partial charge in [-0.1, -0.05) is 24.4 Å². The maximum atomic E-state index is 15.0. The number of carbonyl (C=O) groups is 3. The van der Waals surface area contributed by atoms with Gasteiger partial charge in [0.05, 0.1) is 22.2 Å². The number of halogens is 3. The molecule has 0 spiro atoms. The largest absolute Gasteiger partial charge is 0.480 e. The van der Waals surface area contributed by atoms with Gasteiger partial charge in [-0.05, 0) is 73.7 Å². The van der Waals surface area contributed by atoms with Gasteiger partial charge >= 0.3 is 5.97 Å². The Morgan fingerprint density at radius 2 is 1.98 bits per heavy atom. The fourth-order valence-electron chi connectivity index (χ4n) is 5.56. The van der Waals surface area contributed by atoms with Crippen LogP contribution in [0.1, 0.15) is 61.8 Å². The van der Waals surface area contributed by atoms with Crippen molar-refractivity contribution in [2.24, 2.45) is 0 Å². The van der Waals surface area contributed by atoms with E-state index in [4.69, 9.17) is 16.3 Å². The van der Waals surface area contributed by atoms with Crippen LogP contribution in [0.3, 0.4) is 0 Å². The minimum atomic E-state index is -1.02. The predicted molar refractivity (Wildman–Crippen MR) is 164 cm³/mol. The number of ether oxygens (including phenoxy) is 1. The maximum Gasteiger partial charge on any atom is 0.326 e. The minimum Gasteiger partial charge on any atom is -0.480 e. The molecule has 0 fully saturated rings. The number of aromatic nitrogens is 1. The van der Waals surface area contributed by atoms with Crippen LogP contribution in [-0.4, -0.2) is 60.0 Å². The molecule has 3 aromatic rings. The number of carbonyl (C=O) groups excluding carboxylic acids is 2. The van der Waals surface area contributed by atoms with Crippen LogP contribution in [0.5, 0.6) is 0 Å². The van der Waals surface area contributed by atoms with Gasteiger partial charge in [0.25, 0.3) is 6.47 Å². The van der Waals surface area contributed by atoms with Crippen LogP contribution in [-0.2, 0) is 19.1 Å². The Hall–Kier alpha value is -4.25. The average molecular weight is 629 g/mol. The summed E-state index contributed by atoms with van der Waals surface area (Å²) in [5, 5.41) is 15.6. The van der Waals surface area contributed by atoms with Gasteiger partial charge in [0.2, 0.25) is 5.91 Å². The van der Waals surface area contributed by atoms with E-state index in [1.807, 2.05) is 0 Å². The van der Waals surface area contributed by atoms with E-state index < -0.39 is 35.7 Å². The number of aliphatic carboxylic acids is 1. The third kappa shape index (κ3) is 7.63. The molecular weight excluding hydrogens is 594 g/mol. The number of hydrogen-bond donors (Lipinski definition) is 3. The lowest BCUT2D eigenvalue weighted by atomic mass is 9.91. The highest BCUT2D eigenvalue weighted by atomic mass is 35.5. The number of pyridine rings is 1. The molecule has 1 aliphatic heterocycles. The van der Waals surface area contributed by atoms with Crippen LogP contribution in [0.15, 0.2) is 48.7 Å². The van der Waals surface area contributed by atoms with Crippen molar-refractivity contribution in [3.8, 4) is 11.1 Å². The van der Waals surface area contributed by atoms with E-state index >= 15 is 0 Å². The standard InChI is InChI=1S/C32H35ClF2N4O5/c1-36-25-12-10-23(33)30(35)29(25)28(44-18-40)8-5-15-39(2)31(41)21-6-3-4-7-26(32(42)43)38-24-11-9-20(34)17-22(24)19-13-14-37-27(21)16-19/h9-14,16-18,21,26,28,36,38H,3-8,15H2,1-2H3,(H,42,43). The van der Waals surface area contributed by atoms with Crippen LogP contribution in [0.4, 0.5) is 20.2 Å². The molecule has 0 saturated heterocycles. The van der Waals surface area contributed by atoms with Crippen molar-refractivity contribution in [3.05, 3.63) is 76.6 Å². The molecule has 1 aromatic heterocycles. The highest BCUT2D eigenvalue weighted by Gasteiger charge is 2.28. The van der Waals surface area contributed by atoms with Crippen molar-refractivity contribution < 1.29 is 33.0 Å².